The number of halogens is 3. The van der Waals surface area contributed by atoms with E-state index in [1.807, 2.05) is 37.3 Å². The summed E-state index contributed by atoms with van der Waals surface area (Å²) in [6.45, 7) is 2.40. The van der Waals surface area contributed by atoms with E-state index in [1.165, 1.54) is 18.3 Å². The zero-order chi connectivity index (χ0) is 26.7. The molecular formula is C30H22F3N3O2. The normalized spacial score (nSPS) is 11.8. The quantitative estimate of drug-likeness (QED) is 0.233. The lowest BCUT2D eigenvalue weighted by Gasteiger charge is -2.12. The minimum atomic E-state index is -4.54. The highest BCUT2D eigenvalue weighted by Crippen LogP contribution is 2.32. The molecule has 5 nitrogen and oxygen atoms in total. The molecule has 0 spiro atoms. The molecule has 5 rings (SSSR count). The minimum Gasteiger partial charge on any atom is -0.489 e. The number of hydrogen-bond acceptors (Lipinski definition) is 4. The van der Waals surface area contributed by atoms with Crippen LogP contribution in [0.1, 0.15) is 22.3 Å². The molecule has 5 aromatic rings. The van der Waals surface area contributed by atoms with Gasteiger partial charge in [-0.15, -0.1) is 0 Å². The van der Waals surface area contributed by atoms with Gasteiger partial charge in [-0.2, -0.15) is 22.9 Å². The molecule has 0 radical (unpaired) electrons. The molecule has 1 aromatic heterocycles. The van der Waals surface area contributed by atoms with Gasteiger partial charge in [-0.05, 0) is 54.4 Å². The lowest BCUT2D eigenvalue weighted by atomic mass is 10.1. The van der Waals surface area contributed by atoms with Gasteiger partial charge in [0, 0.05) is 5.56 Å². The molecule has 0 aliphatic carbocycles. The second kappa shape index (κ2) is 10.3. The maximum Gasteiger partial charge on any atom is 0.416 e. The zero-order valence-electron chi connectivity index (χ0n) is 20.3. The summed E-state index contributed by atoms with van der Waals surface area (Å²) in [7, 11) is 0. The van der Waals surface area contributed by atoms with Crippen molar-refractivity contribution in [3.8, 4) is 17.1 Å². The lowest BCUT2D eigenvalue weighted by Crippen LogP contribution is -2.20. The van der Waals surface area contributed by atoms with E-state index in [9.17, 15) is 18.0 Å². The van der Waals surface area contributed by atoms with Crippen LogP contribution in [-0.2, 0) is 12.8 Å². The van der Waals surface area contributed by atoms with E-state index in [0.717, 1.165) is 27.9 Å². The number of alkyl halides is 3. The Morgan fingerprint density at radius 1 is 0.921 bits per heavy atom. The molecule has 0 amide bonds. The summed E-state index contributed by atoms with van der Waals surface area (Å²) in [5.74, 6) is 0.612. The van der Waals surface area contributed by atoms with Crippen molar-refractivity contribution in [2.45, 2.75) is 19.7 Å². The molecule has 38 heavy (non-hydrogen) atoms. The van der Waals surface area contributed by atoms with E-state index in [1.54, 1.807) is 42.5 Å². The standard InChI is InChI=1S/C30H22F3N3O2/c1-20-7-4-9-22(15-20)19-38-25-12-5-8-21(16-25)18-34-36-28(23-10-6-11-24(17-23)30(31,32)33)35-27-14-3-2-13-26(27)29(36)37/h2-18H,19H2,1H3. The van der Waals surface area contributed by atoms with Crippen LogP contribution in [0.2, 0.25) is 0 Å². The van der Waals surface area contributed by atoms with Crippen LogP contribution in [-0.4, -0.2) is 15.9 Å². The van der Waals surface area contributed by atoms with E-state index in [4.69, 9.17) is 4.74 Å². The van der Waals surface area contributed by atoms with Gasteiger partial charge in [-0.25, -0.2) is 4.98 Å². The summed E-state index contributed by atoms with van der Waals surface area (Å²) in [5.41, 5.74) is 1.96. The fourth-order valence-corrected chi connectivity index (χ4v) is 4.03. The number of nitrogens with zero attached hydrogens (tertiary/aromatic N) is 3. The van der Waals surface area contributed by atoms with Crippen LogP contribution in [0.5, 0.6) is 5.75 Å². The van der Waals surface area contributed by atoms with Crippen LogP contribution in [0, 0.1) is 6.92 Å². The van der Waals surface area contributed by atoms with Crippen molar-refractivity contribution in [2.24, 2.45) is 5.10 Å². The number of aryl methyl sites for hydroxylation is 1. The monoisotopic (exact) mass is 513 g/mol. The zero-order valence-corrected chi connectivity index (χ0v) is 20.3. The molecule has 8 heteroatoms. The van der Waals surface area contributed by atoms with Crippen LogP contribution < -0.4 is 10.3 Å². The van der Waals surface area contributed by atoms with E-state index in [2.05, 4.69) is 10.1 Å². The number of para-hydroxylation sites is 1. The summed E-state index contributed by atoms with van der Waals surface area (Å²) < 4.78 is 47.1. The third kappa shape index (κ3) is 5.49. The van der Waals surface area contributed by atoms with Crippen molar-refractivity contribution < 1.29 is 17.9 Å². The number of aromatic nitrogens is 2. The number of rotatable bonds is 6. The molecule has 0 atom stereocenters. The van der Waals surface area contributed by atoms with E-state index >= 15 is 0 Å². The second-order valence-electron chi connectivity index (χ2n) is 8.74. The van der Waals surface area contributed by atoms with Crippen molar-refractivity contribution in [3.05, 3.63) is 130 Å². The first-order valence-electron chi connectivity index (χ1n) is 11.8. The second-order valence-corrected chi connectivity index (χ2v) is 8.74. The highest BCUT2D eigenvalue weighted by molar-refractivity contribution is 5.82. The summed E-state index contributed by atoms with van der Waals surface area (Å²) >= 11 is 0. The number of benzene rings is 4. The van der Waals surface area contributed by atoms with Gasteiger partial charge in [-0.1, -0.05) is 66.2 Å². The van der Waals surface area contributed by atoms with Crippen molar-refractivity contribution in [2.75, 3.05) is 0 Å². The Kier molecular flexibility index (Phi) is 6.79. The first kappa shape index (κ1) is 25.0. The van der Waals surface area contributed by atoms with Gasteiger partial charge >= 0.3 is 6.18 Å². The Morgan fingerprint density at radius 2 is 1.71 bits per heavy atom. The van der Waals surface area contributed by atoms with Gasteiger partial charge in [0.15, 0.2) is 5.82 Å². The Bertz CT molecular complexity index is 1710. The van der Waals surface area contributed by atoms with Gasteiger partial charge in [0.1, 0.15) is 12.4 Å². The average molecular weight is 514 g/mol. The van der Waals surface area contributed by atoms with Crippen LogP contribution in [0.3, 0.4) is 0 Å². The number of fused-ring (bicyclic) bond motifs is 1. The summed E-state index contributed by atoms with van der Waals surface area (Å²) in [6.07, 6.45) is -3.09. The Hall–Kier alpha value is -4.72. The first-order chi connectivity index (χ1) is 18.3. The molecule has 0 saturated heterocycles. The molecule has 190 valence electrons. The average Bonchev–Trinajstić information content (AvgIpc) is 2.91. The van der Waals surface area contributed by atoms with Gasteiger partial charge in [0.25, 0.3) is 5.56 Å². The van der Waals surface area contributed by atoms with Crippen molar-refractivity contribution in [1.82, 2.24) is 9.66 Å². The molecule has 0 aliphatic rings. The van der Waals surface area contributed by atoms with Gasteiger partial charge in [0.2, 0.25) is 0 Å². The number of hydrogen-bond donors (Lipinski definition) is 0. The van der Waals surface area contributed by atoms with Crippen molar-refractivity contribution in [3.63, 3.8) is 0 Å². The summed E-state index contributed by atoms with van der Waals surface area (Å²) in [5, 5.41) is 4.65. The summed E-state index contributed by atoms with van der Waals surface area (Å²) in [6, 6.07) is 26.5. The third-order valence-electron chi connectivity index (χ3n) is 5.87. The highest BCUT2D eigenvalue weighted by atomic mass is 19.4. The van der Waals surface area contributed by atoms with Crippen LogP contribution in [0.25, 0.3) is 22.3 Å². The predicted molar refractivity (Wildman–Crippen MR) is 141 cm³/mol. The smallest absolute Gasteiger partial charge is 0.416 e. The van der Waals surface area contributed by atoms with Crippen LogP contribution in [0.4, 0.5) is 13.2 Å². The maximum atomic E-state index is 13.4. The summed E-state index contributed by atoms with van der Waals surface area (Å²) in [4.78, 5) is 17.8. The van der Waals surface area contributed by atoms with Gasteiger partial charge < -0.3 is 4.74 Å². The Morgan fingerprint density at radius 3 is 2.53 bits per heavy atom. The maximum absolute atomic E-state index is 13.4. The topological polar surface area (TPSA) is 56.5 Å². The highest BCUT2D eigenvalue weighted by Gasteiger charge is 2.31. The number of ether oxygens (including phenoxy) is 1. The molecule has 0 bridgehead atoms. The molecule has 0 saturated carbocycles. The Balaban J connectivity index is 1.52. The van der Waals surface area contributed by atoms with E-state index in [0.29, 0.717) is 28.8 Å². The SMILES string of the molecule is Cc1cccc(COc2cccc(C=Nn3c(-c4cccc(C(F)(F)F)c4)nc4ccccc4c3=O)c2)c1. The van der Waals surface area contributed by atoms with Gasteiger partial charge in [0.05, 0.1) is 22.7 Å². The fourth-order valence-electron chi connectivity index (χ4n) is 4.03. The third-order valence-corrected chi connectivity index (χ3v) is 5.87. The van der Waals surface area contributed by atoms with E-state index in [-0.39, 0.29) is 11.4 Å². The molecule has 1 heterocycles. The molecular weight excluding hydrogens is 491 g/mol. The molecule has 0 unspecified atom stereocenters. The van der Waals surface area contributed by atoms with E-state index < -0.39 is 17.3 Å². The molecule has 4 aromatic carbocycles. The lowest BCUT2D eigenvalue weighted by molar-refractivity contribution is -0.137. The van der Waals surface area contributed by atoms with Crippen LogP contribution in [0.15, 0.2) is 107 Å². The first-order valence-corrected chi connectivity index (χ1v) is 11.8. The van der Waals surface area contributed by atoms with Crippen molar-refractivity contribution in [1.29, 1.82) is 0 Å². The van der Waals surface area contributed by atoms with Gasteiger partial charge in [-0.3, -0.25) is 4.79 Å². The van der Waals surface area contributed by atoms with Crippen molar-refractivity contribution >= 4 is 17.1 Å². The largest absolute Gasteiger partial charge is 0.489 e. The Labute approximate surface area is 216 Å². The fraction of sp³-hybridized carbons (Fsp3) is 0.100. The molecule has 0 fully saturated rings. The van der Waals surface area contributed by atoms with Crippen LogP contribution >= 0.6 is 0 Å². The predicted octanol–water partition coefficient (Wildman–Crippen LogP) is 6.85. The minimum absolute atomic E-state index is 0.00269. The molecule has 0 N–H and O–H groups in total. The molecule has 0 aliphatic heterocycles.